The van der Waals surface area contributed by atoms with Crippen LogP contribution in [0.25, 0.3) is 0 Å². The maximum atomic E-state index is 10.3. The topological polar surface area (TPSA) is 20.2 Å². The van der Waals surface area contributed by atoms with Crippen molar-refractivity contribution >= 4 is 15.0 Å². The van der Waals surface area contributed by atoms with Crippen LogP contribution in [0, 0.1) is 0 Å². The van der Waals surface area contributed by atoms with Gasteiger partial charge in [0.25, 0.3) is 0 Å². The molecule has 0 aliphatic rings. The molecule has 0 saturated carbocycles. The fourth-order valence-corrected chi connectivity index (χ4v) is 3.74. The third kappa shape index (κ3) is 3.46. The summed E-state index contributed by atoms with van der Waals surface area (Å²) < 4.78 is 0. The monoisotopic (exact) mass is 306 g/mol. The van der Waals surface area contributed by atoms with E-state index >= 15 is 0 Å². The second kappa shape index (κ2) is 6.75. The number of hydrogen-bond donors (Lipinski definition) is 1. The first-order valence-corrected chi connectivity index (χ1v) is 8.82. The standard InChI is InChI=1S/C16H18OSe/c1-18-16(14-10-6-3-7-11-14)12-15(17)13-8-4-2-5-9-13/h2-11,15-17H,12H2,1H3/t15-,16-/m0/s1. The molecule has 0 aliphatic carbocycles. The van der Waals surface area contributed by atoms with Crippen LogP contribution in [-0.4, -0.2) is 20.1 Å². The van der Waals surface area contributed by atoms with Crippen LogP contribution < -0.4 is 0 Å². The molecule has 0 bridgehead atoms. The summed E-state index contributed by atoms with van der Waals surface area (Å²) in [7, 11) is 0. The second-order valence-corrected chi connectivity index (χ2v) is 6.48. The molecule has 2 rings (SSSR count). The molecule has 2 aromatic carbocycles. The Hall–Kier alpha value is -1.08. The summed E-state index contributed by atoms with van der Waals surface area (Å²) in [6.45, 7) is 0. The van der Waals surface area contributed by atoms with Gasteiger partial charge in [-0.15, -0.1) is 0 Å². The molecule has 18 heavy (non-hydrogen) atoms. The van der Waals surface area contributed by atoms with Gasteiger partial charge in [0.1, 0.15) is 0 Å². The van der Waals surface area contributed by atoms with E-state index in [4.69, 9.17) is 0 Å². The summed E-state index contributed by atoms with van der Waals surface area (Å²) in [5.74, 6) is 2.24. The zero-order valence-corrected chi connectivity index (χ0v) is 12.2. The average molecular weight is 305 g/mol. The van der Waals surface area contributed by atoms with Crippen LogP contribution in [0.5, 0.6) is 0 Å². The van der Waals surface area contributed by atoms with Gasteiger partial charge in [-0.2, -0.15) is 0 Å². The SMILES string of the molecule is C[Se][C@@H](C[C@H](O)c1ccccc1)c1ccccc1. The van der Waals surface area contributed by atoms with Crippen molar-refractivity contribution in [3.05, 3.63) is 71.8 Å². The van der Waals surface area contributed by atoms with Crippen LogP contribution in [0.1, 0.15) is 28.5 Å². The first kappa shape index (κ1) is 13.4. The molecule has 2 aromatic rings. The summed E-state index contributed by atoms with van der Waals surface area (Å²) in [4.78, 5) is 0.480. The van der Waals surface area contributed by atoms with Gasteiger partial charge in [0.2, 0.25) is 0 Å². The minimum atomic E-state index is -0.363. The Morgan fingerprint density at radius 1 is 0.889 bits per heavy atom. The predicted molar refractivity (Wildman–Crippen MR) is 76.8 cm³/mol. The van der Waals surface area contributed by atoms with Crippen LogP contribution >= 0.6 is 0 Å². The summed E-state index contributed by atoms with van der Waals surface area (Å²) in [6.07, 6.45) is 0.447. The Morgan fingerprint density at radius 3 is 1.89 bits per heavy atom. The van der Waals surface area contributed by atoms with E-state index in [0.717, 1.165) is 12.0 Å². The minimum absolute atomic E-state index is 0.363. The molecule has 0 amide bonds. The summed E-state index contributed by atoms with van der Waals surface area (Å²) >= 11 is 0.497. The van der Waals surface area contributed by atoms with Gasteiger partial charge < -0.3 is 0 Å². The molecule has 0 spiro atoms. The Labute approximate surface area is 115 Å². The number of hydrogen-bond acceptors (Lipinski definition) is 1. The first-order chi connectivity index (χ1) is 8.81. The second-order valence-electron chi connectivity index (χ2n) is 4.30. The molecular formula is C16H18OSe. The molecule has 0 aliphatic heterocycles. The molecule has 94 valence electrons. The van der Waals surface area contributed by atoms with Crippen molar-refractivity contribution in [3.63, 3.8) is 0 Å². The Kier molecular flexibility index (Phi) is 5.00. The Bertz CT molecular complexity index is 455. The zero-order valence-electron chi connectivity index (χ0n) is 10.5. The molecule has 2 atom stereocenters. The van der Waals surface area contributed by atoms with E-state index in [1.807, 2.05) is 36.4 Å². The molecule has 0 radical (unpaired) electrons. The van der Waals surface area contributed by atoms with Crippen LogP contribution in [0.15, 0.2) is 60.7 Å². The quantitative estimate of drug-likeness (QED) is 0.837. The van der Waals surface area contributed by atoms with Crippen molar-refractivity contribution in [2.75, 3.05) is 0 Å². The van der Waals surface area contributed by atoms with Crippen molar-refractivity contribution < 1.29 is 5.11 Å². The molecule has 0 aromatic heterocycles. The van der Waals surface area contributed by atoms with Gasteiger partial charge in [0.15, 0.2) is 0 Å². The Morgan fingerprint density at radius 2 is 1.39 bits per heavy atom. The van der Waals surface area contributed by atoms with Gasteiger partial charge in [-0.05, 0) is 0 Å². The van der Waals surface area contributed by atoms with Crippen molar-refractivity contribution in [3.8, 4) is 0 Å². The number of aliphatic hydroxyl groups is 1. The molecule has 2 heteroatoms. The molecule has 1 N–H and O–H groups in total. The van der Waals surface area contributed by atoms with E-state index in [1.165, 1.54) is 5.56 Å². The van der Waals surface area contributed by atoms with Crippen molar-refractivity contribution in [2.45, 2.75) is 23.2 Å². The van der Waals surface area contributed by atoms with E-state index in [1.54, 1.807) is 0 Å². The van der Waals surface area contributed by atoms with Gasteiger partial charge >= 0.3 is 115 Å². The van der Waals surface area contributed by atoms with Crippen LogP contribution in [0.3, 0.4) is 0 Å². The zero-order chi connectivity index (χ0) is 12.8. The fourth-order valence-electron chi connectivity index (χ4n) is 2.05. The number of aliphatic hydroxyl groups excluding tert-OH is 1. The predicted octanol–water partition coefficient (Wildman–Crippen LogP) is 3.60. The third-order valence-electron chi connectivity index (χ3n) is 3.08. The maximum absolute atomic E-state index is 10.3. The van der Waals surface area contributed by atoms with E-state index < -0.39 is 0 Å². The molecular weight excluding hydrogens is 287 g/mol. The molecule has 0 fully saturated rings. The van der Waals surface area contributed by atoms with Crippen LogP contribution in [0.2, 0.25) is 5.82 Å². The van der Waals surface area contributed by atoms with Crippen LogP contribution in [-0.2, 0) is 0 Å². The fraction of sp³-hybridized carbons (Fsp3) is 0.250. The van der Waals surface area contributed by atoms with Gasteiger partial charge in [-0.1, -0.05) is 0 Å². The molecule has 0 heterocycles. The van der Waals surface area contributed by atoms with Crippen molar-refractivity contribution in [1.82, 2.24) is 0 Å². The van der Waals surface area contributed by atoms with Crippen molar-refractivity contribution in [1.29, 1.82) is 0 Å². The van der Waals surface area contributed by atoms with E-state index in [9.17, 15) is 5.11 Å². The van der Waals surface area contributed by atoms with Crippen LogP contribution in [0.4, 0.5) is 0 Å². The van der Waals surface area contributed by atoms with E-state index in [0.29, 0.717) is 19.8 Å². The average Bonchev–Trinajstić information content (AvgIpc) is 2.46. The normalized spacial score (nSPS) is 14.1. The summed E-state index contributed by atoms with van der Waals surface area (Å²) in [5.41, 5.74) is 2.36. The summed E-state index contributed by atoms with van der Waals surface area (Å²) in [6, 6.07) is 20.4. The molecule has 0 unspecified atom stereocenters. The van der Waals surface area contributed by atoms with Gasteiger partial charge in [0, 0.05) is 0 Å². The first-order valence-electron chi connectivity index (χ1n) is 6.12. The van der Waals surface area contributed by atoms with Gasteiger partial charge in [0.05, 0.1) is 0 Å². The number of rotatable bonds is 5. The molecule has 1 nitrogen and oxygen atoms in total. The third-order valence-corrected chi connectivity index (χ3v) is 5.25. The van der Waals surface area contributed by atoms with E-state index in [-0.39, 0.29) is 6.10 Å². The van der Waals surface area contributed by atoms with Crippen molar-refractivity contribution in [2.24, 2.45) is 0 Å². The van der Waals surface area contributed by atoms with Gasteiger partial charge in [-0.3, -0.25) is 0 Å². The van der Waals surface area contributed by atoms with E-state index in [2.05, 4.69) is 30.1 Å². The molecule has 0 saturated heterocycles. The summed E-state index contributed by atoms with van der Waals surface area (Å²) in [5, 5.41) is 10.3. The number of benzene rings is 2. The Balaban J connectivity index is 2.07. The van der Waals surface area contributed by atoms with Gasteiger partial charge in [-0.25, -0.2) is 0 Å².